The number of rotatable bonds is 6. The maximum atomic E-state index is 15.0. The van der Waals surface area contributed by atoms with E-state index in [9.17, 15) is 9.18 Å². The van der Waals surface area contributed by atoms with Crippen LogP contribution in [0.5, 0.6) is 0 Å². The number of carbonyl (C=O) groups is 1. The fraction of sp³-hybridized carbons (Fsp3) is 0.577. The van der Waals surface area contributed by atoms with E-state index in [1.165, 1.54) is 11.6 Å². The fourth-order valence-electron chi connectivity index (χ4n) is 5.53. The van der Waals surface area contributed by atoms with Gasteiger partial charge in [-0.2, -0.15) is 0 Å². The molecule has 188 valence electrons. The summed E-state index contributed by atoms with van der Waals surface area (Å²) < 4.78 is 21.1. The molecule has 1 aliphatic carbocycles. The predicted molar refractivity (Wildman–Crippen MR) is 136 cm³/mol. The van der Waals surface area contributed by atoms with E-state index in [4.69, 9.17) is 4.74 Å². The molecule has 3 heterocycles. The van der Waals surface area contributed by atoms with E-state index in [1.54, 1.807) is 12.4 Å². The Hall–Kier alpha value is -2.10. The lowest BCUT2D eigenvalue weighted by atomic mass is 9.95. The van der Waals surface area contributed by atoms with Gasteiger partial charge in [-0.3, -0.25) is 4.79 Å². The zero-order chi connectivity index (χ0) is 24.4. The predicted octanol–water partition coefficient (Wildman–Crippen LogP) is 3.63. The van der Waals surface area contributed by atoms with Gasteiger partial charge in [-0.15, -0.1) is 0 Å². The topological polar surface area (TPSA) is 70.6 Å². The highest BCUT2D eigenvalue weighted by Gasteiger charge is 2.33. The first kappa shape index (κ1) is 24.6. The van der Waals surface area contributed by atoms with Crippen molar-refractivity contribution < 1.29 is 13.9 Å². The number of halogens is 2. The van der Waals surface area contributed by atoms with Crippen LogP contribution >= 0.6 is 15.9 Å². The Balaban J connectivity index is 1.29. The molecule has 9 heteroatoms. The molecule has 0 unspecified atom stereocenters. The summed E-state index contributed by atoms with van der Waals surface area (Å²) in [5.74, 6) is 0.536. The minimum Gasteiger partial charge on any atom is -0.381 e. The molecular weight excluding hydrogens is 513 g/mol. The van der Waals surface area contributed by atoms with E-state index >= 15 is 0 Å². The van der Waals surface area contributed by atoms with E-state index in [0.29, 0.717) is 48.7 Å². The number of aromatic nitrogens is 2. The summed E-state index contributed by atoms with van der Waals surface area (Å²) >= 11 is 3.33. The van der Waals surface area contributed by atoms with Crippen molar-refractivity contribution >= 4 is 27.7 Å². The van der Waals surface area contributed by atoms with Crippen molar-refractivity contribution in [3.8, 4) is 0 Å². The molecule has 0 saturated carbocycles. The standard InChI is InChI=1S/C26H33BrFN5O2/c1-17-2-5-23-24(17)25(31-16-30-23)32-8-10-33(11-9-32)26(34)21(15-29-19-6-12-35-13-7-19)20-4-3-18(27)14-22(20)28/h3-4,14,16-17,19,21,29H,2,5-13,15H2,1H3/t17-,21-/m1/s1. The summed E-state index contributed by atoms with van der Waals surface area (Å²) in [7, 11) is 0. The van der Waals surface area contributed by atoms with E-state index < -0.39 is 5.92 Å². The molecule has 1 aromatic heterocycles. The smallest absolute Gasteiger partial charge is 0.231 e. The molecule has 2 aliphatic heterocycles. The van der Waals surface area contributed by atoms with E-state index in [-0.39, 0.29) is 17.8 Å². The fourth-order valence-corrected chi connectivity index (χ4v) is 5.87. The number of aryl methyl sites for hydroxylation is 1. The third kappa shape index (κ3) is 5.37. The van der Waals surface area contributed by atoms with Crippen molar-refractivity contribution in [3.63, 3.8) is 0 Å². The molecule has 2 fully saturated rings. The number of hydrogen-bond donors (Lipinski definition) is 1. The Morgan fingerprint density at radius 2 is 1.97 bits per heavy atom. The highest BCUT2D eigenvalue weighted by molar-refractivity contribution is 9.10. The van der Waals surface area contributed by atoms with Crippen LogP contribution in [0.3, 0.4) is 0 Å². The third-order valence-corrected chi connectivity index (χ3v) is 8.10. The Morgan fingerprint density at radius 1 is 1.20 bits per heavy atom. The Kier molecular flexibility index (Phi) is 7.65. The molecule has 2 atom stereocenters. The van der Waals surface area contributed by atoms with E-state index in [2.05, 4.69) is 43.0 Å². The van der Waals surface area contributed by atoms with Gasteiger partial charge < -0.3 is 19.9 Å². The highest BCUT2D eigenvalue weighted by atomic mass is 79.9. The van der Waals surface area contributed by atoms with Gasteiger partial charge in [0.05, 0.1) is 5.92 Å². The maximum Gasteiger partial charge on any atom is 0.231 e. The summed E-state index contributed by atoms with van der Waals surface area (Å²) in [5.41, 5.74) is 2.87. The second-order valence-corrected chi connectivity index (χ2v) is 10.7. The number of carbonyl (C=O) groups excluding carboxylic acids is 1. The van der Waals surface area contributed by atoms with Crippen LogP contribution in [-0.2, 0) is 16.0 Å². The maximum absolute atomic E-state index is 15.0. The van der Waals surface area contributed by atoms with Crippen LogP contribution < -0.4 is 10.2 Å². The van der Waals surface area contributed by atoms with Crippen molar-refractivity contribution in [1.82, 2.24) is 20.2 Å². The molecule has 3 aliphatic rings. The number of piperazine rings is 1. The molecule has 2 aromatic rings. The summed E-state index contributed by atoms with van der Waals surface area (Å²) in [5, 5.41) is 3.52. The number of anilines is 1. The van der Waals surface area contributed by atoms with Gasteiger partial charge in [-0.05, 0) is 43.7 Å². The summed E-state index contributed by atoms with van der Waals surface area (Å²) in [4.78, 5) is 27.0. The van der Waals surface area contributed by atoms with Gasteiger partial charge in [0.1, 0.15) is 18.0 Å². The van der Waals surface area contributed by atoms with Gasteiger partial charge in [0.25, 0.3) is 0 Å². The monoisotopic (exact) mass is 545 g/mol. The average molecular weight is 546 g/mol. The quantitative estimate of drug-likeness (QED) is 0.597. The summed E-state index contributed by atoms with van der Waals surface area (Å²) in [6.45, 7) is 6.71. The number of benzene rings is 1. The van der Waals surface area contributed by atoms with Crippen LogP contribution in [0.1, 0.15) is 54.8 Å². The van der Waals surface area contributed by atoms with E-state index in [0.717, 1.165) is 50.4 Å². The van der Waals surface area contributed by atoms with Crippen molar-refractivity contribution in [2.45, 2.75) is 50.5 Å². The molecule has 1 N–H and O–H groups in total. The first-order chi connectivity index (χ1) is 17.0. The zero-order valence-electron chi connectivity index (χ0n) is 20.2. The largest absolute Gasteiger partial charge is 0.381 e. The lowest BCUT2D eigenvalue weighted by molar-refractivity contribution is -0.133. The SMILES string of the molecule is C[C@@H]1CCc2ncnc(N3CCN(C(=O)[C@H](CNC4CCOCC4)c4ccc(Br)cc4F)CC3)c21. The van der Waals surface area contributed by atoms with E-state index in [1.807, 2.05) is 11.0 Å². The van der Waals surface area contributed by atoms with Gasteiger partial charge in [-0.1, -0.05) is 28.9 Å². The van der Waals surface area contributed by atoms with Gasteiger partial charge in [-0.25, -0.2) is 14.4 Å². The lowest BCUT2D eigenvalue weighted by Gasteiger charge is -2.38. The highest BCUT2D eigenvalue weighted by Crippen LogP contribution is 2.37. The molecule has 5 rings (SSSR count). The van der Waals surface area contributed by atoms with Crippen molar-refractivity contribution in [2.75, 3.05) is 50.8 Å². The van der Waals surface area contributed by atoms with Crippen molar-refractivity contribution in [1.29, 1.82) is 0 Å². The minimum absolute atomic E-state index is 0.0216. The van der Waals surface area contributed by atoms with Crippen molar-refractivity contribution in [2.24, 2.45) is 0 Å². The first-order valence-corrected chi connectivity index (χ1v) is 13.4. The lowest BCUT2D eigenvalue weighted by Crippen LogP contribution is -2.52. The second-order valence-electron chi connectivity index (χ2n) is 9.82. The van der Waals surface area contributed by atoms with Gasteiger partial charge in [0, 0.05) is 73.3 Å². The van der Waals surface area contributed by atoms with Crippen LogP contribution in [0.25, 0.3) is 0 Å². The third-order valence-electron chi connectivity index (χ3n) is 7.61. The van der Waals surface area contributed by atoms with Crippen LogP contribution in [0.15, 0.2) is 29.0 Å². The number of ether oxygens (including phenoxy) is 1. The van der Waals surface area contributed by atoms with Gasteiger partial charge in [0.15, 0.2) is 0 Å². The number of nitrogens with zero attached hydrogens (tertiary/aromatic N) is 4. The Morgan fingerprint density at radius 3 is 2.71 bits per heavy atom. The number of hydrogen-bond acceptors (Lipinski definition) is 6. The van der Waals surface area contributed by atoms with Crippen molar-refractivity contribution in [3.05, 3.63) is 51.6 Å². The van der Waals surface area contributed by atoms with Gasteiger partial charge in [0.2, 0.25) is 5.91 Å². The molecule has 35 heavy (non-hydrogen) atoms. The summed E-state index contributed by atoms with van der Waals surface area (Å²) in [6, 6.07) is 5.27. The molecule has 1 amide bonds. The van der Waals surface area contributed by atoms with Crippen LogP contribution in [0, 0.1) is 5.82 Å². The molecular formula is C26H33BrFN5O2. The number of amides is 1. The first-order valence-electron chi connectivity index (χ1n) is 12.6. The number of fused-ring (bicyclic) bond motifs is 1. The zero-order valence-corrected chi connectivity index (χ0v) is 21.8. The molecule has 7 nitrogen and oxygen atoms in total. The molecule has 2 saturated heterocycles. The van der Waals surface area contributed by atoms with Crippen LogP contribution in [0.4, 0.5) is 10.2 Å². The van der Waals surface area contributed by atoms with Gasteiger partial charge >= 0.3 is 0 Å². The minimum atomic E-state index is -0.569. The summed E-state index contributed by atoms with van der Waals surface area (Å²) in [6.07, 6.45) is 5.59. The molecule has 0 bridgehead atoms. The Bertz CT molecular complexity index is 1060. The van der Waals surface area contributed by atoms with Crippen LogP contribution in [0.2, 0.25) is 0 Å². The molecule has 0 spiro atoms. The van der Waals surface area contributed by atoms with Crippen LogP contribution in [-0.4, -0.2) is 72.8 Å². The normalized spacial score (nSPS) is 21.7. The second kappa shape index (κ2) is 10.9. The molecule has 1 aromatic carbocycles. The molecule has 0 radical (unpaired) electrons. The average Bonchev–Trinajstić information content (AvgIpc) is 3.27. The number of nitrogens with one attached hydrogen (secondary N) is 1. The Labute approximate surface area is 214 Å².